The quantitative estimate of drug-likeness (QED) is 0.338. The van der Waals surface area contributed by atoms with Crippen molar-refractivity contribution >= 4 is 23.2 Å². The zero-order chi connectivity index (χ0) is 19.6. The van der Waals surface area contributed by atoms with Gasteiger partial charge >= 0.3 is 0 Å². The molecule has 3 nitrogen and oxygen atoms in total. The van der Waals surface area contributed by atoms with Gasteiger partial charge in [-0.15, -0.1) is 0 Å². The third-order valence-electron chi connectivity index (χ3n) is 5.21. The van der Waals surface area contributed by atoms with E-state index in [-0.39, 0.29) is 0 Å². The van der Waals surface area contributed by atoms with Crippen LogP contribution in [0.1, 0.15) is 63.3 Å². The fourth-order valence-electron chi connectivity index (χ4n) is 3.57. The Labute approximate surface area is 169 Å². The highest BCUT2D eigenvalue weighted by Gasteiger charge is 2.07. The average molecular weight is 377 g/mol. The van der Waals surface area contributed by atoms with Gasteiger partial charge in [0.05, 0.1) is 18.1 Å². The molecule has 1 heterocycles. The molecule has 148 valence electrons. The van der Waals surface area contributed by atoms with Gasteiger partial charge in [-0.25, -0.2) is 4.98 Å². The Morgan fingerprint density at radius 3 is 2.32 bits per heavy atom. The fourth-order valence-corrected chi connectivity index (χ4v) is 3.57. The second-order valence-electron chi connectivity index (χ2n) is 7.34. The number of benzene rings is 2. The Morgan fingerprint density at radius 2 is 1.57 bits per heavy atom. The summed E-state index contributed by atoms with van der Waals surface area (Å²) in [6.07, 6.45) is 13.5. The van der Waals surface area contributed by atoms with Crippen LogP contribution in [0.2, 0.25) is 0 Å². The smallest absolute Gasteiger partial charge is 0.133 e. The summed E-state index contributed by atoms with van der Waals surface area (Å²) in [7, 11) is 1.69. The summed E-state index contributed by atoms with van der Waals surface area (Å²) in [5.74, 6) is 1.91. The second kappa shape index (κ2) is 10.7. The molecule has 0 saturated carbocycles. The highest BCUT2D eigenvalue weighted by atomic mass is 16.5. The third-order valence-corrected chi connectivity index (χ3v) is 5.21. The van der Waals surface area contributed by atoms with Crippen molar-refractivity contribution in [2.45, 2.75) is 58.4 Å². The van der Waals surface area contributed by atoms with Crippen molar-refractivity contribution in [3.8, 4) is 5.75 Å². The van der Waals surface area contributed by atoms with Crippen molar-refractivity contribution in [1.29, 1.82) is 0 Å². The van der Waals surface area contributed by atoms with Crippen LogP contribution in [-0.4, -0.2) is 16.7 Å². The number of aryl methyl sites for hydroxylation is 1. The number of nitrogens with zero attached hydrogens (tertiary/aromatic N) is 2. The predicted octanol–water partition coefficient (Wildman–Crippen LogP) is 6.97. The molecule has 0 radical (unpaired) electrons. The monoisotopic (exact) mass is 376 g/mol. The molecule has 1 aromatic heterocycles. The van der Waals surface area contributed by atoms with Crippen LogP contribution in [-0.2, 0) is 6.54 Å². The molecule has 0 fully saturated rings. The lowest BCUT2D eigenvalue weighted by Gasteiger charge is -2.07. The van der Waals surface area contributed by atoms with Gasteiger partial charge in [-0.2, -0.15) is 0 Å². The summed E-state index contributed by atoms with van der Waals surface area (Å²) in [4.78, 5) is 4.85. The number of hydrogen-bond acceptors (Lipinski definition) is 2. The zero-order valence-corrected chi connectivity index (χ0v) is 17.2. The molecule has 0 amide bonds. The lowest BCUT2D eigenvalue weighted by molar-refractivity contribution is 0.415. The van der Waals surface area contributed by atoms with Crippen LogP contribution in [0.3, 0.4) is 0 Å². The SMILES string of the molecule is CCCCCCCCCn1c(/C=C/c2ccc(OC)cc2)nc2ccccc21. The van der Waals surface area contributed by atoms with Crippen molar-refractivity contribution in [2.24, 2.45) is 0 Å². The van der Waals surface area contributed by atoms with Crippen molar-refractivity contribution in [3.63, 3.8) is 0 Å². The number of para-hydroxylation sites is 2. The van der Waals surface area contributed by atoms with Gasteiger partial charge in [0.2, 0.25) is 0 Å². The maximum absolute atomic E-state index is 5.24. The topological polar surface area (TPSA) is 27.1 Å². The molecule has 3 heteroatoms. The minimum Gasteiger partial charge on any atom is -0.497 e. The van der Waals surface area contributed by atoms with Crippen LogP contribution >= 0.6 is 0 Å². The molecule has 0 bridgehead atoms. The van der Waals surface area contributed by atoms with Crippen molar-refractivity contribution in [3.05, 3.63) is 59.9 Å². The second-order valence-corrected chi connectivity index (χ2v) is 7.34. The maximum atomic E-state index is 5.24. The van der Waals surface area contributed by atoms with E-state index >= 15 is 0 Å². The first-order valence-electron chi connectivity index (χ1n) is 10.6. The first kappa shape index (κ1) is 20.2. The molecule has 3 aromatic rings. The average Bonchev–Trinajstić information content (AvgIpc) is 3.09. The molecule has 0 aliphatic carbocycles. The first-order chi connectivity index (χ1) is 13.8. The van der Waals surface area contributed by atoms with Crippen LogP contribution < -0.4 is 4.74 Å². The minimum atomic E-state index is 0.878. The number of rotatable bonds is 11. The van der Waals surface area contributed by atoms with E-state index in [2.05, 4.69) is 60.0 Å². The molecular formula is C25H32N2O. The predicted molar refractivity (Wildman–Crippen MR) is 120 cm³/mol. The molecule has 3 rings (SSSR count). The number of methoxy groups -OCH3 is 1. The Hall–Kier alpha value is -2.55. The Bertz CT molecular complexity index is 877. The molecule has 2 aromatic carbocycles. The van der Waals surface area contributed by atoms with E-state index < -0.39 is 0 Å². The molecule has 0 saturated heterocycles. The number of fused-ring (bicyclic) bond motifs is 1. The summed E-state index contributed by atoms with van der Waals surface area (Å²) in [5.41, 5.74) is 3.44. The molecule has 0 aliphatic heterocycles. The molecular weight excluding hydrogens is 344 g/mol. The molecule has 0 atom stereocenters. The Balaban J connectivity index is 1.68. The van der Waals surface area contributed by atoms with Crippen LogP contribution in [0.25, 0.3) is 23.2 Å². The Kier molecular flexibility index (Phi) is 7.71. The molecule has 0 spiro atoms. The fraction of sp³-hybridized carbons (Fsp3) is 0.400. The van der Waals surface area contributed by atoms with Crippen molar-refractivity contribution in [2.75, 3.05) is 7.11 Å². The van der Waals surface area contributed by atoms with Gasteiger partial charge in [-0.1, -0.05) is 75.8 Å². The third kappa shape index (κ3) is 5.48. The first-order valence-corrected chi connectivity index (χ1v) is 10.6. The van der Waals surface area contributed by atoms with Crippen molar-refractivity contribution in [1.82, 2.24) is 9.55 Å². The maximum Gasteiger partial charge on any atom is 0.133 e. The lowest BCUT2D eigenvalue weighted by atomic mass is 10.1. The standard InChI is InChI=1S/C25H32N2O/c1-3-4-5-6-7-8-11-20-27-24-13-10-9-12-23(24)26-25(27)19-16-21-14-17-22(28-2)18-15-21/h9-10,12-19H,3-8,11,20H2,1-2H3/b19-16+. The number of aromatic nitrogens is 2. The van der Waals surface area contributed by atoms with Gasteiger partial charge < -0.3 is 9.30 Å². The van der Waals surface area contributed by atoms with Gasteiger partial charge in [0.1, 0.15) is 11.6 Å². The van der Waals surface area contributed by atoms with E-state index in [0.29, 0.717) is 0 Å². The van der Waals surface area contributed by atoms with Gasteiger partial charge in [0.15, 0.2) is 0 Å². The minimum absolute atomic E-state index is 0.878. The van der Waals surface area contributed by atoms with Crippen LogP contribution in [0.4, 0.5) is 0 Å². The highest BCUT2D eigenvalue weighted by Crippen LogP contribution is 2.20. The van der Waals surface area contributed by atoms with Crippen LogP contribution in [0, 0.1) is 0 Å². The number of ether oxygens (including phenoxy) is 1. The van der Waals surface area contributed by atoms with E-state index in [0.717, 1.165) is 29.2 Å². The molecule has 28 heavy (non-hydrogen) atoms. The van der Waals surface area contributed by atoms with E-state index in [1.165, 1.54) is 50.5 Å². The van der Waals surface area contributed by atoms with Gasteiger partial charge in [0.25, 0.3) is 0 Å². The largest absolute Gasteiger partial charge is 0.497 e. The van der Waals surface area contributed by atoms with Crippen LogP contribution in [0.15, 0.2) is 48.5 Å². The van der Waals surface area contributed by atoms with E-state index in [4.69, 9.17) is 9.72 Å². The summed E-state index contributed by atoms with van der Waals surface area (Å²) >= 11 is 0. The van der Waals surface area contributed by atoms with Crippen LogP contribution in [0.5, 0.6) is 5.75 Å². The highest BCUT2D eigenvalue weighted by molar-refractivity contribution is 5.79. The van der Waals surface area contributed by atoms with E-state index in [1.54, 1.807) is 7.11 Å². The lowest BCUT2D eigenvalue weighted by Crippen LogP contribution is -2.00. The molecule has 0 aliphatic rings. The van der Waals surface area contributed by atoms with E-state index in [1.807, 2.05) is 12.1 Å². The molecule has 0 unspecified atom stereocenters. The molecule has 0 N–H and O–H groups in total. The van der Waals surface area contributed by atoms with Gasteiger partial charge in [0, 0.05) is 6.54 Å². The summed E-state index contributed by atoms with van der Waals surface area (Å²) < 4.78 is 7.60. The van der Waals surface area contributed by atoms with Crippen molar-refractivity contribution < 1.29 is 4.74 Å². The van der Waals surface area contributed by atoms with Gasteiger partial charge in [-0.05, 0) is 42.3 Å². The summed E-state index contributed by atoms with van der Waals surface area (Å²) in [6, 6.07) is 16.5. The number of imidazole rings is 1. The number of unbranched alkanes of at least 4 members (excludes halogenated alkanes) is 6. The zero-order valence-electron chi connectivity index (χ0n) is 17.2. The van der Waals surface area contributed by atoms with Gasteiger partial charge in [-0.3, -0.25) is 0 Å². The van der Waals surface area contributed by atoms with E-state index in [9.17, 15) is 0 Å². The Morgan fingerprint density at radius 1 is 0.857 bits per heavy atom. The number of hydrogen-bond donors (Lipinski definition) is 0. The summed E-state index contributed by atoms with van der Waals surface area (Å²) in [5, 5.41) is 0. The normalized spacial score (nSPS) is 11.5. The summed E-state index contributed by atoms with van der Waals surface area (Å²) in [6.45, 7) is 3.29.